The minimum absolute atomic E-state index is 0.166. The van der Waals surface area contributed by atoms with Crippen molar-refractivity contribution in [1.82, 2.24) is 25.1 Å². The minimum Gasteiger partial charge on any atom is -0.334 e. The first-order valence-corrected chi connectivity index (χ1v) is 6.38. The SMILES string of the molecule is Cc1nc(CN(C)C(=O)c2ccncc2C#CCN)n[nH]1. The molecule has 7 nitrogen and oxygen atoms in total. The average molecular weight is 284 g/mol. The van der Waals surface area contributed by atoms with Gasteiger partial charge in [-0.25, -0.2) is 4.98 Å². The maximum Gasteiger partial charge on any atom is 0.255 e. The number of amides is 1. The van der Waals surface area contributed by atoms with E-state index in [0.29, 0.717) is 29.3 Å². The van der Waals surface area contributed by atoms with Gasteiger partial charge in [-0.1, -0.05) is 11.8 Å². The topological polar surface area (TPSA) is 101 Å². The second-order valence-electron chi connectivity index (χ2n) is 4.43. The highest BCUT2D eigenvalue weighted by molar-refractivity contribution is 5.96. The molecule has 0 saturated heterocycles. The quantitative estimate of drug-likeness (QED) is 0.778. The van der Waals surface area contributed by atoms with Crippen LogP contribution in [-0.2, 0) is 6.54 Å². The molecule has 0 saturated carbocycles. The first kappa shape index (κ1) is 14.7. The zero-order valence-corrected chi connectivity index (χ0v) is 11.9. The molecule has 2 heterocycles. The van der Waals surface area contributed by atoms with Crippen LogP contribution in [0.25, 0.3) is 0 Å². The molecule has 0 unspecified atom stereocenters. The number of nitrogens with two attached hydrogens (primary N) is 1. The summed E-state index contributed by atoms with van der Waals surface area (Å²) in [5, 5.41) is 6.76. The van der Waals surface area contributed by atoms with Crippen LogP contribution < -0.4 is 5.73 Å². The highest BCUT2D eigenvalue weighted by atomic mass is 16.2. The van der Waals surface area contributed by atoms with E-state index < -0.39 is 0 Å². The molecular weight excluding hydrogens is 268 g/mol. The smallest absolute Gasteiger partial charge is 0.255 e. The Bertz CT molecular complexity index is 697. The largest absolute Gasteiger partial charge is 0.334 e. The fraction of sp³-hybridized carbons (Fsp3) is 0.286. The summed E-state index contributed by atoms with van der Waals surface area (Å²) in [6.45, 7) is 2.35. The Morgan fingerprint density at radius 2 is 2.33 bits per heavy atom. The van der Waals surface area contributed by atoms with Gasteiger partial charge in [-0.3, -0.25) is 14.9 Å². The Kier molecular flexibility index (Phi) is 4.64. The maximum atomic E-state index is 12.5. The third-order valence-electron chi connectivity index (χ3n) is 2.75. The Hall–Kier alpha value is -2.72. The standard InChI is InChI=1S/C14H16N6O/c1-10-17-13(19-18-10)9-20(2)14(21)12-5-7-16-8-11(12)4-3-6-15/h5,7-8H,6,9,15H2,1-2H3,(H,17,18,19). The average Bonchev–Trinajstić information content (AvgIpc) is 2.89. The molecule has 21 heavy (non-hydrogen) atoms. The number of hydrogen-bond donors (Lipinski definition) is 2. The van der Waals surface area contributed by atoms with Gasteiger partial charge in [0.05, 0.1) is 24.2 Å². The van der Waals surface area contributed by atoms with Gasteiger partial charge in [-0.15, -0.1) is 0 Å². The van der Waals surface area contributed by atoms with Gasteiger partial charge in [0.2, 0.25) is 0 Å². The van der Waals surface area contributed by atoms with Gasteiger partial charge < -0.3 is 10.6 Å². The lowest BCUT2D eigenvalue weighted by Crippen LogP contribution is -2.27. The Balaban J connectivity index is 2.19. The van der Waals surface area contributed by atoms with Crippen molar-refractivity contribution in [2.45, 2.75) is 13.5 Å². The third-order valence-corrected chi connectivity index (χ3v) is 2.75. The van der Waals surface area contributed by atoms with Gasteiger partial charge in [-0.05, 0) is 13.0 Å². The summed E-state index contributed by atoms with van der Waals surface area (Å²) >= 11 is 0. The monoisotopic (exact) mass is 284 g/mol. The molecule has 2 rings (SSSR count). The van der Waals surface area contributed by atoms with Gasteiger partial charge >= 0.3 is 0 Å². The number of nitrogens with zero attached hydrogens (tertiary/aromatic N) is 4. The summed E-state index contributed by atoms with van der Waals surface area (Å²) in [5.74, 6) is 6.69. The van der Waals surface area contributed by atoms with Crippen LogP contribution in [0.1, 0.15) is 27.6 Å². The van der Waals surface area contributed by atoms with E-state index in [-0.39, 0.29) is 12.5 Å². The zero-order valence-electron chi connectivity index (χ0n) is 11.9. The molecule has 0 aliphatic rings. The van der Waals surface area contributed by atoms with E-state index in [4.69, 9.17) is 5.73 Å². The van der Waals surface area contributed by atoms with E-state index in [9.17, 15) is 4.79 Å². The fourth-order valence-electron chi connectivity index (χ4n) is 1.78. The molecule has 1 amide bonds. The molecular formula is C14H16N6O. The van der Waals surface area contributed by atoms with Crippen LogP contribution in [0.4, 0.5) is 0 Å². The second kappa shape index (κ2) is 6.63. The Labute approximate surface area is 122 Å². The number of aromatic amines is 1. The number of hydrogen-bond acceptors (Lipinski definition) is 5. The van der Waals surface area contributed by atoms with Gasteiger partial charge in [0.1, 0.15) is 5.82 Å². The normalized spacial score (nSPS) is 9.86. The van der Waals surface area contributed by atoms with E-state index in [1.54, 1.807) is 25.5 Å². The maximum absolute atomic E-state index is 12.5. The van der Waals surface area contributed by atoms with Crippen molar-refractivity contribution in [2.24, 2.45) is 5.73 Å². The van der Waals surface area contributed by atoms with Crippen molar-refractivity contribution in [3.63, 3.8) is 0 Å². The molecule has 0 aliphatic carbocycles. The number of carbonyl (C=O) groups is 1. The van der Waals surface area contributed by atoms with E-state index in [2.05, 4.69) is 32.0 Å². The van der Waals surface area contributed by atoms with Crippen molar-refractivity contribution in [1.29, 1.82) is 0 Å². The van der Waals surface area contributed by atoms with E-state index in [0.717, 1.165) is 0 Å². The molecule has 0 spiro atoms. The fourth-order valence-corrected chi connectivity index (χ4v) is 1.78. The molecule has 0 aromatic carbocycles. The van der Waals surface area contributed by atoms with Crippen molar-refractivity contribution >= 4 is 5.91 Å². The van der Waals surface area contributed by atoms with E-state index in [1.165, 1.54) is 4.90 Å². The number of pyridine rings is 1. The summed E-state index contributed by atoms with van der Waals surface area (Å²) in [6, 6.07) is 1.64. The van der Waals surface area contributed by atoms with Gasteiger partial charge in [-0.2, -0.15) is 5.10 Å². The molecule has 3 N–H and O–H groups in total. The molecule has 0 fully saturated rings. The van der Waals surface area contributed by atoms with Gasteiger partial charge in [0.25, 0.3) is 5.91 Å². The highest BCUT2D eigenvalue weighted by Crippen LogP contribution is 2.10. The van der Waals surface area contributed by atoms with E-state index in [1.807, 2.05) is 6.92 Å². The molecule has 2 aromatic heterocycles. The molecule has 0 atom stereocenters. The van der Waals surface area contributed by atoms with Crippen molar-refractivity contribution < 1.29 is 4.79 Å². The summed E-state index contributed by atoms with van der Waals surface area (Å²) in [4.78, 5) is 22.2. The van der Waals surface area contributed by atoms with Crippen LogP contribution >= 0.6 is 0 Å². The Morgan fingerprint density at radius 3 is 3.00 bits per heavy atom. The first-order valence-electron chi connectivity index (χ1n) is 6.38. The minimum atomic E-state index is -0.166. The predicted molar refractivity (Wildman–Crippen MR) is 77.1 cm³/mol. The summed E-state index contributed by atoms with van der Waals surface area (Å²) in [5.41, 5.74) is 6.41. The highest BCUT2D eigenvalue weighted by Gasteiger charge is 2.16. The van der Waals surface area contributed by atoms with Crippen molar-refractivity contribution in [3.8, 4) is 11.8 Å². The lowest BCUT2D eigenvalue weighted by molar-refractivity contribution is 0.0781. The predicted octanol–water partition coefficient (Wildman–Crippen LogP) is 0.0905. The van der Waals surface area contributed by atoms with Crippen molar-refractivity contribution in [2.75, 3.05) is 13.6 Å². The van der Waals surface area contributed by atoms with Crippen LogP contribution in [0, 0.1) is 18.8 Å². The number of aryl methyl sites for hydroxylation is 1. The number of rotatable bonds is 3. The van der Waals surface area contributed by atoms with Gasteiger partial charge in [0, 0.05) is 19.4 Å². The lowest BCUT2D eigenvalue weighted by atomic mass is 10.1. The number of nitrogens with one attached hydrogen (secondary N) is 1. The summed E-state index contributed by atoms with van der Waals surface area (Å²) < 4.78 is 0. The second-order valence-corrected chi connectivity index (χ2v) is 4.43. The molecule has 2 aromatic rings. The van der Waals surface area contributed by atoms with Crippen LogP contribution in [0.2, 0.25) is 0 Å². The summed E-state index contributed by atoms with van der Waals surface area (Å²) in [6.07, 6.45) is 3.12. The first-order chi connectivity index (χ1) is 10.1. The van der Waals surface area contributed by atoms with Crippen LogP contribution in [-0.4, -0.2) is 44.6 Å². The molecule has 108 valence electrons. The number of aromatic nitrogens is 4. The van der Waals surface area contributed by atoms with E-state index >= 15 is 0 Å². The number of H-pyrrole nitrogens is 1. The lowest BCUT2D eigenvalue weighted by Gasteiger charge is -2.16. The molecule has 0 aliphatic heterocycles. The van der Waals surface area contributed by atoms with Crippen molar-refractivity contribution in [3.05, 3.63) is 41.2 Å². The third kappa shape index (κ3) is 3.64. The zero-order chi connectivity index (χ0) is 15.2. The molecule has 7 heteroatoms. The number of carbonyl (C=O) groups excluding carboxylic acids is 1. The molecule has 0 bridgehead atoms. The molecule has 0 radical (unpaired) electrons. The Morgan fingerprint density at radius 1 is 1.52 bits per heavy atom. The van der Waals surface area contributed by atoms with Crippen LogP contribution in [0.3, 0.4) is 0 Å². The van der Waals surface area contributed by atoms with Crippen LogP contribution in [0.5, 0.6) is 0 Å². The summed E-state index contributed by atoms with van der Waals surface area (Å²) in [7, 11) is 1.69. The van der Waals surface area contributed by atoms with Crippen LogP contribution in [0.15, 0.2) is 18.5 Å². The van der Waals surface area contributed by atoms with Gasteiger partial charge in [0.15, 0.2) is 5.82 Å².